The molecule has 3 N–H and O–H groups in total. The van der Waals surface area contributed by atoms with Gasteiger partial charge in [-0.25, -0.2) is 13.6 Å². The van der Waals surface area contributed by atoms with Crippen LogP contribution in [-0.4, -0.2) is 39.3 Å². The predicted molar refractivity (Wildman–Crippen MR) is 59.2 cm³/mol. The van der Waals surface area contributed by atoms with Crippen molar-refractivity contribution in [3.05, 3.63) is 0 Å². The molecule has 0 saturated heterocycles. The lowest BCUT2D eigenvalue weighted by atomic mass is 9.77. The van der Waals surface area contributed by atoms with Crippen LogP contribution in [0.2, 0.25) is 0 Å². The van der Waals surface area contributed by atoms with Gasteiger partial charge in [-0.3, -0.25) is 4.79 Å². The molecule has 0 radical (unpaired) electrons. The summed E-state index contributed by atoms with van der Waals surface area (Å²) in [6, 6.07) is 0. The van der Waals surface area contributed by atoms with Gasteiger partial charge in [0.25, 0.3) is 0 Å². The fourth-order valence-corrected chi connectivity index (χ4v) is 2.10. The SMILES string of the molecule is COC1(CC(=O)NCCS(N)(=O)=O)CCC1. The fourth-order valence-electron chi connectivity index (χ4n) is 1.71. The van der Waals surface area contributed by atoms with E-state index < -0.39 is 10.0 Å². The highest BCUT2D eigenvalue weighted by Gasteiger charge is 2.38. The van der Waals surface area contributed by atoms with Crippen LogP contribution in [0.5, 0.6) is 0 Å². The van der Waals surface area contributed by atoms with E-state index in [1.807, 2.05) is 0 Å². The summed E-state index contributed by atoms with van der Waals surface area (Å²) in [5, 5.41) is 7.33. The molecule has 0 atom stereocenters. The number of hydrogen-bond donors (Lipinski definition) is 2. The Morgan fingerprint density at radius 2 is 2.12 bits per heavy atom. The number of primary sulfonamides is 1. The van der Waals surface area contributed by atoms with Crippen molar-refractivity contribution in [3.63, 3.8) is 0 Å². The maximum atomic E-state index is 11.5. The standard InChI is InChI=1S/C9H18N2O4S/c1-15-9(3-2-4-9)7-8(12)11-5-6-16(10,13)14/h2-7H2,1H3,(H,11,12)(H2,10,13,14). The van der Waals surface area contributed by atoms with Gasteiger partial charge in [0.1, 0.15) is 0 Å². The second-order valence-electron chi connectivity index (χ2n) is 4.13. The molecule has 1 fully saturated rings. The molecule has 7 heteroatoms. The van der Waals surface area contributed by atoms with Crippen molar-refractivity contribution < 1.29 is 17.9 Å². The van der Waals surface area contributed by atoms with Crippen LogP contribution in [0.15, 0.2) is 0 Å². The summed E-state index contributed by atoms with van der Waals surface area (Å²) in [4.78, 5) is 11.5. The molecule has 0 aliphatic heterocycles. The van der Waals surface area contributed by atoms with E-state index in [-0.39, 0.29) is 30.2 Å². The Morgan fingerprint density at radius 1 is 1.50 bits per heavy atom. The molecule has 0 heterocycles. The van der Waals surface area contributed by atoms with Crippen molar-refractivity contribution in [3.8, 4) is 0 Å². The largest absolute Gasteiger partial charge is 0.378 e. The minimum Gasteiger partial charge on any atom is -0.378 e. The minimum atomic E-state index is -3.51. The lowest BCUT2D eigenvalue weighted by Crippen LogP contribution is -2.44. The summed E-state index contributed by atoms with van der Waals surface area (Å²) >= 11 is 0. The first-order valence-corrected chi connectivity index (χ1v) is 6.91. The van der Waals surface area contributed by atoms with Gasteiger partial charge in [0.15, 0.2) is 0 Å². The zero-order valence-corrected chi connectivity index (χ0v) is 10.2. The van der Waals surface area contributed by atoms with Crippen LogP contribution in [0.4, 0.5) is 0 Å². The summed E-state index contributed by atoms with van der Waals surface area (Å²) in [7, 11) is -1.91. The number of nitrogens with one attached hydrogen (secondary N) is 1. The highest BCUT2D eigenvalue weighted by Crippen LogP contribution is 2.37. The lowest BCUT2D eigenvalue weighted by Gasteiger charge is -2.39. The third kappa shape index (κ3) is 4.07. The molecule has 0 bridgehead atoms. The highest BCUT2D eigenvalue weighted by atomic mass is 32.2. The maximum Gasteiger partial charge on any atom is 0.222 e. The summed E-state index contributed by atoms with van der Waals surface area (Å²) in [6.45, 7) is 0.0530. The van der Waals surface area contributed by atoms with Gasteiger partial charge in [0, 0.05) is 13.7 Å². The van der Waals surface area contributed by atoms with Gasteiger partial charge in [-0.15, -0.1) is 0 Å². The second-order valence-corrected chi connectivity index (χ2v) is 5.87. The molecule has 0 aromatic rings. The Bertz CT molecular complexity index is 343. The Labute approximate surface area is 95.6 Å². The number of amides is 1. The molecule has 16 heavy (non-hydrogen) atoms. The van der Waals surface area contributed by atoms with E-state index in [1.54, 1.807) is 7.11 Å². The Morgan fingerprint density at radius 3 is 2.50 bits per heavy atom. The van der Waals surface area contributed by atoms with Crippen molar-refractivity contribution in [1.29, 1.82) is 0 Å². The molecule has 0 unspecified atom stereocenters. The van der Waals surface area contributed by atoms with Gasteiger partial charge in [-0.1, -0.05) is 0 Å². The van der Waals surface area contributed by atoms with Gasteiger partial charge < -0.3 is 10.1 Å². The predicted octanol–water partition coefficient (Wildman–Crippen LogP) is -0.650. The van der Waals surface area contributed by atoms with Crippen LogP contribution in [0.25, 0.3) is 0 Å². The number of ether oxygens (including phenoxy) is 1. The minimum absolute atomic E-state index is 0.0530. The van der Waals surface area contributed by atoms with Crippen molar-refractivity contribution in [1.82, 2.24) is 5.32 Å². The third-order valence-corrected chi connectivity index (χ3v) is 3.66. The van der Waals surface area contributed by atoms with Crippen molar-refractivity contribution in [2.24, 2.45) is 5.14 Å². The van der Waals surface area contributed by atoms with Crippen LogP contribution in [0.1, 0.15) is 25.7 Å². The van der Waals surface area contributed by atoms with Gasteiger partial charge in [0.2, 0.25) is 15.9 Å². The van der Waals surface area contributed by atoms with Crippen LogP contribution in [0.3, 0.4) is 0 Å². The monoisotopic (exact) mass is 250 g/mol. The molecular formula is C9H18N2O4S. The van der Waals surface area contributed by atoms with Crippen LogP contribution >= 0.6 is 0 Å². The molecule has 1 aliphatic rings. The first kappa shape index (κ1) is 13.4. The van der Waals surface area contributed by atoms with E-state index in [0.717, 1.165) is 19.3 Å². The summed E-state index contributed by atoms with van der Waals surface area (Å²) in [6.07, 6.45) is 3.12. The smallest absolute Gasteiger partial charge is 0.222 e. The molecule has 0 spiro atoms. The molecule has 0 aromatic carbocycles. The number of carbonyl (C=O) groups is 1. The van der Waals surface area contributed by atoms with Crippen molar-refractivity contribution >= 4 is 15.9 Å². The average molecular weight is 250 g/mol. The summed E-state index contributed by atoms with van der Waals surface area (Å²) in [5.74, 6) is -0.427. The molecule has 94 valence electrons. The molecule has 1 aliphatic carbocycles. The van der Waals surface area contributed by atoms with Gasteiger partial charge in [0.05, 0.1) is 17.8 Å². The molecular weight excluding hydrogens is 232 g/mol. The highest BCUT2D eigenvalue weighted by molar-refractivity contribution is 7.89. The van der Waals surface area contributed by atoms with E-state index in [1.165, 1.54) is 0 Å². The molecule has 1 rings (SSSR count). The summed E-state index contributed by atoms with van der Waals surface area (Å²) < 4.78 is 26.5. The molecule has 1 saturated carbocycles. The topological polar surface area (TPSA) is 98.5 Å². The maximum absolute atomic E-state index is 11.5. The average Bonchev–Trinajstić information content (AvgIpc) is 2.09. The molecule has 1 amide bonds. The zero-order chi connectivity index (χ0) is 12.2. The number of carbonyl (C=O) groups excluding carboxylic acids is 1. The van der Waals surface area contributed by atoms with E-state index in [9.17, 15) is 13.2 Å². The molecule has 6 nitrogen and oxygen atoms in total. The third-order valence-electron chi connectivity index (χ3n) is 2.89. The first-order valence-electron chi connectivity index (χ1n) is 5.19. The van der Waals surface area contributed by atoms with Gasteiger partial charge in [-0.2, -0.15) is 0 Å². The van der Waals surface area contributed by atoms with Crippen LogP contribution < -0.4 is 10.5 Å². The van der Waals surface area contributed by atoms with E-state index >= 15 is 0 Å². The Kier molecular flexibility index (Phi) is 4.28. The number of hydrogen-bond acceptors (Lipinski definition) is 4. The Balaban J connectivity index is 2.26. The normalized spacial score (nSPS) is 18.9. The molecule has 0 aromatic heterocycles. The number of nitrogens with two attached hydrogens (primary N) is 1. The fraction of sp³-hybridized carbons (Fsp3) is 0.889. The Hall–Kier alpha value is -0.660. The summed E-state index contributed by atoms with van der Waals surface area (Å²) in [5.41, 5.74) is -0.328. The first-order chi connectivity index (χ1) is 7.37. The van der Waals surface area contributed by atoms with Crippen LogP contribution in [0, 0.1) is 0 Å². The van der Waals surface area contributed by atoms with Crippen LogP contribution in [-0.2, 0) is 19.6 Å². The van der Waals surface area contributed by atoms with Gasteiger partial charge in [-0.05, 0) is 19.3 Å². The van der Waals surface area contributed by atoms with Crippen molar-refractivity contribution in [2.75, 3.05) is 19.4 Å². The zero-order valence-electron chi connectivity index (χ0n) is 9.36. The quantitative estimate of drug-likeness (QED) is 0.654. The van der Waals surface area contributed by atoms with Crippen molar-refractivity contribution in [2.45, 2.75) is 31.3 Å². The van der Waals surface area contributed by atoms with E-state index in [0.29, 0.717) is 0 Å². The van der Waals surface area contributed by atoms with E-state index in [2.05, 4.69) is 5.32 Å². The number of rotatable bonds is 6. The lowest BCUT2D eigenvalue weighted by molar-refractivity contribution is -0.134. The number of methoxy groups -OCH3 is 1. The second kappa shape index (κ2) is 5.11. The number of sulfonamides is 1. The van der Waals surface area contributed by atoms with Gasteiger partial charge >= 0.3 is 0 Å². The van der Waals surface area contributed by atoms with E-state index in [4.69, 9.17) is 9.88 Å².